The first-order chi connectivity index (χ1) is 9.78. The monoisotopic (exact) mass is 274 g/mol. The molecule has 2 aliphatic rings. The van der Waals surface area contributed by atoms with Crippen molar-refractivity contribution in [2.75, 3.05) is 26.8 Å². The second-order valence-electron chi connectivity index (χ2n) is 6.02. The number of amides is 1. The van der Waals surface area contributed by atoms with E-state index in [1.807, 2.05) is 17.2 Å². The number of ether oxygens (including phenoxy) is 1. The van der Waals surface area contributed by atoms with Gasteiger partial charge in [-0.25, -0.2) is 0 Å². The van der Waals surface area contributed by atoms with Gasteiger partial charge in [0.25, 0.3) is 0 Å². The molecule has 108 valence electrons. The van der Waals surface area contributed by atoms with Crippen molar-refractivity contribution in [3.63, 3.8) is 0 Å². The van der Waals surface area contributed by atoms with Gasteiger partial charge in [-0.15, -0.1) is 0 Å². The highest BCUT2D eigenvalue weighted by molar-refractivity contribution is 5.77. The van der Waals surface area contributed by atoms with Gasteiger partial charge in [0.1, 0.15) is 6.61 Å². The van der Waals surface area contributed by atoms with Crippen molar-refractivity contribution in [1.29, 1.82) is 0 Å². The highest BCUT2D eigenvalue weighted by Crippen LogP contribution is 2.43. The van der Waals surface area contributed by atoms with E-state index in [-0.39, 0.29) is 12.5 Å². The Balaban J connectivity index is 1.61. The summed E-state index contributed by atoms with van der Waals surface area (Å²) in [5.41, 5.74) is 1.18. The summed E-state index contributed by atoms with van der Waals surface area (Å²) in [7, 11) is 1.58. The number of hydrogen-bond donors (Lipinski definition) is 0. The SMILES string of the molecule is COCC(=O)N1C[C@H]2CC[C@H](Cc3ccccn3)[C@H]2C1. The summed E-state index contributed by atoms with van der Waals surface area (Å²) in [6.07, 6.45) is 5.44. The molecule has 4 heteroatoms. The maximum absolute atomic E-state index is 11.9. The average molecular weight is 274 g/mol. The van der Waals surface area contributed by atoms with Crippen LogP contribution in [-0.4, -0.2) is 42.6 Å². The van der Waals surface area contributed by atoms with Crippen molar-refractivity contribution in [2.45, 2.75) is 19.3 Å². The quantitative estimate of drug-likeness (QED) is 0.840. The minimum Gasteiger partial charge on any atom is -0.375 e. The van der Waals surface area contributed by atoms with E-state index in [2.05, 4.69) is 17.1 Å². The van der Waals surface area contributed by atoms with Crippen molar-refractivity contribution in [3.05, 3.63) is 30.1 Å². The molecule has 0 unspecified atom stereocenters. The Labute approximate surface area is 120 Å². The van der Waals surface area contributed by atoms with Crippen LogP contribution in [0.3, 0.4) is 0 Å². The van der Waals surface area contributed by atoms with Crippen molar-refractivity contribution < 1.29 is 9.53 Å². The predicted octanol–water partition coefficient (Wildman–Crippen LogP) is 1.76. The van der Waals surface area contributed by atoms with Crippen LogP contribution in [0.1, 0.15) is 18.5 Å². The van der Waals surface area contributed by atoms with Gasteiger partial charge in [0.2, 0.25) is 5.91 Å². The van der Waals surface area contributed by atoms with Crippen LogP contribution in [0, 0.1) is 17.8 Å². The third-order valence-electron chi connectivity index (χ3n) is 4.82. The molecule has 0 aromatic carbocycles. The summed E-state index contributed by atoms with van der Waals surface area (Å²) < 4.78 is 4.96. The minimum absolute atomic E-state index is 0.137. The van der Waals surface area contributed by atoms with E-state index in [0.717, 1.165) is 19.5 Å². The van der Waals surface area contributed by atoms with E-state index < -0.39 is 0 Å². The van der Waals surface area contributed by atoms with E-state index in [1.54, 1.807) is 7.11 Å². The van der Waals surface area contributed by atoms with Crippen LogP contribution in [0.2, 0.25) is 0 Å². The lowest BCUT2D eigenvalue weighted by Crippen LogP contribution is -2.33. The zero-order chi connectivity index (χ0) is 13.9. The van der Waals surface area contributed by atoms with E-state index in [0.29, 0.717) is 17.8 Å². The Hall–Kier alpha value is -1.42. The molecule has 2 fully saturated rings. The van der Waals surface area contributed by atoms with Gasteiger partial charge in [0, 0.05) is 32.1 Å². The molecule has 1 saturated carbocycles. The van der Waals surface area contributed by atoms with Crippen LogP contribution in [0.5, 0.6) is 0 Å². The van der Waals surface area contributed by atoms with E-state index >= 15 is 0 Å². The number of carbonyl (C=O) groups is 1. The van der Waals surface area contributed by atoms with Gasteiger partial charge >= 0.3 is 0 Å². The Bertz CT molecular complexity index is 463. The summed E-state index contributed by atoms with van der Waals surface area (Å²) in [6, 6.07) is 6.12. The molecule has 1 aliphatic heterocycles. The molecule has 0 bridgehead atoms. The largest absolute Gasteiger partial charge is 0.375 e. The first-order valence-corrected chi connectivity index (χ1v) is 7.44. The molecular weight excluding hydrogens is 252 g/mol. The standard InChI is InChI=1S/C16H22N2O2/c1-20-11-16(19)18-9-13-6-5-12(15(13)10-18)8-14-4-2-3-7-17-14/h2-4,7,12-13,15H,5-6,8-11H2,1H3/t12-,13-,15-/m1/s1. The third kappa shape index (κ3) is 2.70. The molecule has 3 rings (SSSR count). The highest BCUT2D eigenvalue weighted by Gasteiger charge is 2.43. The number of fused-ring (bicyclic) bond motifs is 1. The first-order valence-electron chi connectivity index (χ1n) is 7.44. The van der Waals surface area contributed by atoms with Gasteiger partial charge in [-0.05, 0) is 49.1 Å². The molecule has 0 N–H and O–H groups in total. The van der Waals surface area contributed by atoms with Gasteiger partial charge in [0.05, 0.1) is 0 Å². The fraction of sp³-hybridized carbons (Fsp3) is 0.625. The summed E-state index contributed by atoms with van der Waals surface area (Å²) in [4.78, 5) is 18.4. The second-order valence-corrected chi connectivity index (χ2v) is 6.02. The van der Waals surface area contributed by atoms with Crippen LogP contribution in [0.25, 0.3) is 0 Å². The second kappa shape index (κ2) is 5.92. The molecule has 20 heavy (non-hydrogen) atoms. The minimum atomic E-state index is 0.137. The number of nitrogens with zero attached hydrogens (tertiary/aromatic N) is 2. The molecule has 1 aromatic rings. The lowest BCUT2D eigenvalue weighted by atomic mass is 9.89. The van der Waals surface area contributed by atoms with Gasteiger partial charge in [-0.2, -0.15) is 0 Å². The number of likely N-dealkylation sites (tertiary alicyclic amines) is 1. The average Bonchev–Trinajstić information content (AvgIpc) is 3.02. The molecule has 0 radical (unpaired) electrons. The maximum Gasteiger partial charge on any atom is 0.248 e. The summed E-state index contributed by atoms with van der Waals surface area (Å²) >= 11 is 0. The van der Waals surface area contributed by atoms with Crippen molar-refractivity contribution in [2.24, 2.45) is 17.8 Å². The zero-order valence-corrected chi connectivity index (χ0v) is 12.0. The molecule has 4 nitrogen and oxygen atoms in total. The number of rotatable bonds is 4. The smallest absolute Gasteiger partial charge is 0.248 e. The van der Waals surface area contributed by atoms with Gasteiger partial charge in [-0.1, -0.05) is 6.07 Å². The molecule has 0 spiro atoms. The van der Waals surface area contributed by atoms with Crippen molar-refractivity contribution in [1.82, 2.24) is 9.88 Å². The Morgan fingerprint density at radius 3 is 3.05 bits per heavy atom. The van der Waals surface area contributed by atoms with Crippen molar-refractivity contribution >= 4 is 5.91 Å². The maximum atomic E-state index is 11.9. The molecule has 1 aliphatic carbocycles. The summed E-state index contributed by atoms with van der Waals surface area (Å²) in [5.74, 6) is 2.15. The van der Waals surface area contributed by atoms with Crippen LogP contribution < -0.4 is 0 Å². The van der Waals surface area contributed by atoms with Crippen LogP contribution >= 0.6 is 0 Å². The van der Waals surface area contributed by atoms with Gasteiger partial charge in [0.15, 0.2) is 0 Å². The van der Waals surface area contributed by atoms with E-state index in [1.165, 1.54) is 18.5 Å². The fourth-order valence-corrected chi connectivity index (χ4v) is 3.84. The Morgan fingerprint density at radius 2 is 2.30 bits per heavy atom. The molecule has 2 heterocycles. The van der Waals surface area contributed by atoms with E-state index in [9.17, 15) is 4.79 Å². The number of pyridine rings is 1. The number of methoxy groups -OCH3 is 1. The summed E-state index contributed by atoms with van der Waals surface area (Å²) in [5, 5.41) is 0. The molecule has 1 saturated heterocycles. The Morgan fingerprint density at radius 1 is 1.40 bits per heavy atom. The lowest BCUT2D eigenvalue weighted by molar-refractivity contribution is -0.134. The fourth-order valence-electron chi connectivity index (χ4n) is 3.84. The topological polar surface area (TPSA) is 42.4 Å². The normalized spacial score (nSPS) is 28.6. The zero-order valence-electron chi connectivity index (χ0n) is 12.0. The van der Waals surface area contributed by atoms with E-state index in [4.69, 9.17) is 4.74 Å². The number of aromatic nitrogens is 1. The van der Waals surface area contributed by atoms with Crippen molar-refractivity contribution in [3.8, 4) is 0 Å². The predicted molar refractivity (Wildman–Crippen MR) is 76.1 cm³/mol. The highest BCUT2D eigenvalue weighted by atomic mass is 16.5. The molecule has 3 atom stereocenters. The number of hydrogen-bond acceptors (Lipinski definition) is 3. The Kier molecular flexibility index (Phi) is 4.01. The van der Waals surface area contributed by atoms with Crippen LogP contribution in [0.15, 0.2) is 24.4 Å². The third-order valence-corrected chi connectivity index (χ3v) is 4.82. The van der Waals surface area contributed by atoms with Gasteiger partial charge in [-0.3, -0.25) is 9.78 Å². The van der Waals surface area contributed by atoms with Gasteiger partial charge < -0.3 is 9.64 Å². The number of carbonyl (C=O) groups excluding carboxylic acids is 1. The molecular formula is C16H22N2O2. The molecule has 1 aromatic heterocycles. The first kappa shape index (κ1) is 13.6. The summed E-state index contributed by atoms with van der Waals surface area (Å²) in [6.45, 7) is 2.04. The lowest BCUT2D eigenvalue weighted by Gasteiger charge is -2.20. The van der Waals surface area contributed by atoms with Crippen LogP contribution in [0.4, 0.5) is 0 Å². The molecule has 1 amide bonds. The van der Waals surface area contributed by atoms with Crippen LogP contribution in [-0.2, 0) is 16.0 Å².